The Kier molecular flexibility index (Phi) is 2.63. The van der Waals surface area contributed by atoms with Crippen LogP contribution in [0.5, 0.6) is 0 Å². The van der Waals surface area contributed by atoms with E-state index in [1.807, 2.05) is 0 Å². The molecule has 0 bridgehead atoms. The molecule has 1 aliphatic rings. The van der Waals surface area contributed by atoms with Crippen molar-refractivity contribution >= 4 is 0 Å². The molecule has 2 atom stereocenters. The molecular formula is C5HF9O2. The number of ether oxygens (including phenoxy) is 2. The maximum Gasteiger partial charge on any atom is 0.458 e. The summed E-state index contributed by atoms with van der Waals surface area (Å²) in [6.45, 7) is 0. The zero-order valence-corrected chi connectivity index (χ0v) is 6.80. The first-order valence-electron chi connectivity index (χ1n) is 3.37. The molecule has 96 valence electrons. The van der Waals surface area contributed by atoms with E-state index in [0.29, 0.717) is 0 Å². The molecule has 0 N–H and O–H groups in total. The van der Waals surface area contributed by atoms with E-state index in [1.54, 1.807) is 0 Å². The van der Waals surface area contributed by atoms with E-state index in [2.05, 4.69) is 9.47 Å². The van der Waals surface area contributed by atoms with Gasteiger partial charge in [0, 0.05) is 0 Å². The van der Waals surface area contributed by atoms with Crippen molar-refractivity contribution < 1.29 is 49.0 Å². The van der Waals surface area contributed by atoms with Gasteiger partial charge in [0.05, 0.1) is 0 Å². The van der Waals surface area contributed by atoms with Crippen LogP contribution in [0.15, 0.2) is 0 Å². The van der Waals surface area contributed by atoms with Gasteiger partial charge in [0.1, 0.15) is 0 Å². The fraction of sp³-hybridized carbons (Fsp3) is 1.00. The summed E-state index contributed by atoms with van der Waals surface area (Å²) in [5.74, 6) is -5.82. The molecule has 2 nitrogen and oxygen atoms in total. The van der Waals surface area contributed by atoms with E-state index in [1.165, 1.54) is 0 Å². The lowest BCUT2D eigenvalue weighted by molar-refractivity contribution is -0.394. The molecule has 1 fully saturated rings. The molecular weight excluding hydrogens is 263 g/mol. The minimum absolute atomic E-state index is 2.58. The number of rotatable bonds is 0. The van der Waals surface area contributed by atoms with Crippen molar-refractivity contribution in [2.24, 2.45) is 0 Å². The highest BCUT2D eigenvalue weighted by Crippen LogP contribution is 2.54. The Hall–Kier alpha value is -0.710. The van der Waals surface area contributed by atoms with Crippen LogP contribution in [0.1, 0.15) is 0 Å². The molecule has 1 aliphatic heterocycles. The zero-order chi connectivity index (χ0) is 13.0. The van der Waals surface area contributed by atoms with Gasteiger partial charge < -0.3 is 0 Å². The Morgan fingerprint density at radius 1 is 0.812 bits per heavy atom. The van der Waals surface area contributed by atoms with Crippen LogP contribution in [-0.4, -0.2) is 30.6 Å². The van der Waals surface area contributed by atoms with Gasteiger partial charge in [-0.15, -0.1) is 0 Å². The number of halogens is 9. The van der Waals surface area contributed by atoms with Crippen LogP contribution < -0.4 is 0 Å². The standard InChI is InChI=1S/C5HF9O2/c6-2(7,8)1-15-3(9,4(10,11)12)5(13,14)16-1/h1H/t1-,3?/m1/s1. The zero-order valence-electron chi connectivity index (χ0n) is 6.80. The molecule has 16 heavy (non-hydrogen) atoms. The molecule has 11 heteroatoms. The van der Waals surface area contributed by atoms with Crippen molar-refractivity contribution in [2.75, 3.05) is 0 Å². The number of hydrogen-bond acceptors (Lipinski definition) is 2. The average molecular weight is 264 g/mol. The molecule has 0 aromatic rings. The van der Waals surface area contributed by atoms with Crippen LogP contribution in [0.3, 0.4) is 0 Å². The summed E-state index contributed by atoms with van der Waals surface area (Å²) in [5.41, 5.74) is 0. The van der Waals surface area contributed by atoms with Gasteiger partial charge in [-0.25, -0.2) is 0 Å². The summed E-state index contributed by atoms with van der Waals surface area (Å²) in [6, 6.07) is 0. The molecule has 0 aliphatic carbocycles. The van der Waals surface area contributed by atoms with Gasteiger partial charge in [-0.3, -0.25) is 9.47 Å². The van der Waals surface area contributed by atoms with Gasteiger partial charge in [-0.1, -0.05) is 0 Å². The first-order valence-corrected chi connectivity index (χ1v) is 3.37. The van der Waals surface area contributed by atoms with Gasteiger partial charge in [0.25, 0.3) is 6.29 Å². The van der Waals surface area contributed by atoms with Crippen LogP contribution >= 0.6 is 0 Å². The van der Waals surface area contributed by atoms with Crippen LogP contribution in [0.25, 0.3) is 0 Å². The summed E-state index contributed by atoms with van der Waals surface area (Å²) in [4.78, 5) is 0. The maximum absolute atomic E-state index is 12.7. The minimum atomic E-state index is -6.36. The summed E-state index contributed by atoms with van der Waals surface area (Å²) in [6.07, 6.45) is -21.8. The molecule has 0 amide bonds. The van der Waals surface area contributed by atoms with Crippen molar-refractivity contribution in [3.8, 4) is 0 Å². The Bertz CT molecular complexity index is 281. The van der Waals surface area contributed by atoms with E-state index < -0.39 is 30.6 Å². The predicted octanol–water partition coefficient (Wildman–Crippen LogP) is 2.74. The third kappa shape index (κ3) is 1.81. The van der Waals surface area contributed by atoms with Crippen LogP contribution in [0.2, 0.25) is 0 Å². The lowest BCUT2D eigenvalue weighted by atomic mass is 10.3. The predicted molar refractivity (Wildman–Crippen MR) is 26.9 cm³/mol. The normalized spacial score (nSPS) is 35.4. The molecule has 1 rings (SSSR count). The van der Waals surface area contributed by atoms with Gasteiger partial charge in [-0.05, 0) is 0 Å². The second-order valence-corrected chi connectivity index (χ2v) is 2.72. The molecule has 1 heterocycles. The van der Waals surface area contributed by atoms with E-state index >= 15 is 0 Å². The maximum atomic E-state index is 12.7. The minimum Gasteiger partial charge on any atom is -0.293 e. The summed E-state index contributed by atoms with van der Waals surface area (Å²) < 4.78 is 113. The molecule has 1 saturated heterocycles. The number of hydrogen-bond donors (Lipinski definition) is 0. The first-order chi connectivity index (χ1) is 6.81. The van der Waals surface area contributed by atoms with E-state index in [9.17, 15) is 39.5 Å². The lowest BCUT2D eigenvalue weighted by Crippen LogP contribution is -2.53. The van der Waals surface area contributed by atoms with Crippen molar-refractivity contribution in [3.63, 3.8) is 0 Å². The topological polar surface area (TPSA) is 18.5 Å². The molecule has 0 radical (unpaired) electrons. The largest absolute Gasteiger partial charge is 0.458 e. The van der Waals surface area contributed by atoms with Crippen LogP contribution in [0, 0.1) is 0 Å². The van der Waals surface area contributed by atoms with Gasteiger partial charge in [-0.2, -0.15) is 39.5 Å². The van der Waals surface area contributed by atoms with Crippen molar-refractivity contribution in [2.45, 2.75) is 30.6 Å². The van der Waals surface area contributed by atoms with E-state index in [0.717, 1.165) is 0 Å². The smallest absolute Gasteiger partial charge is 0.293 e. The fourth-order valence-corrected chi connectivity index (χ4v) is 0.816. The van der Waals surface area contributed by atoms with Crippen molar-refractivity contribution in [3.05, 3.63) is 0 Å². The summed E-state index contributed by atoms with van der Waals surface area (Å²) in [5, 5.41) is 0. The van der Waals surface area contributed by atoms with Gasteiger partial charge >= 0.3 is 24.3 Å². The Morgan fingerprint density at radius 3 is 1.44 bits per heavy atom. The second kappa shape index (κ2) is 3.15. The third-order valence-corrected chi connectivity index (χ3v) is 1.53. The highest BCUT2D eigenvalue weighted by molar-refractivity contribution is 4.92. The van der Waals surface area contributed by atoms with Crippen LogP contribution in [-0.2, 0) is 9.47 Å². The monoisotopic (exact) mass is 264 g/mol. The van der Waals surface area contributed by atoms with E-state index in [-0.39, 0.29) is 0 Å². The Balaban J connectivity index is 3.07. The van der Waals surface area contributed by atoms with Crippen molar-refractivity contribution in [1.82, 2.24) is 0 Å². The van der Waals surface area contributed by atoms with Gasteiger partial charge in [0.2, 0.25) is 0 Å². The molecule has 0 spiro atoms. The highest BCUT2D eigenvalue weighted by Gasteiger charge is 2.82. The highest BCUT2D eigenvalue weighted by atomic mass is 19.4. The molecule has 0 saturated carbocycles. The molecule has 1 unspecified atom stereocenters. The fourth-order valence-electron chi connectivity index (χ4n) is 0.816. The lowest BCUT2D eigenvalue weighted by Gasteiger charge is -2.24. The Morgan fingerprint density at radius 2 is 1.25 bits per heavy atom. The SMILES string of the molecule is FC(F)(F)[C@H]1OC(F)(F)C(F)(C(F)(F)F)O1. The molecule has 0 aromatic carbocycles. The molecule has 0 aromatic heterocycles. The van der Waals surface area contributed by atoms with Gasteiger partial charge in [0.15, 0.2) is 0 Å². The second-order valence-electron chi connectivity index (χ2n) is 2.72. The summed E-state index contributed by atoms with van der Waals surface area (Å²) in [7, 11) is 0. The Labute approximate surface area is 80.9 Å². The van der Waals surface area contributed by atoms with Crippen molar-refractivity contribution in [1.29, 1.82) is 0 Å². The van der Waals surface area contributed by atoms with E-state index in [4.69, 9.17) is 0 Å². The van der Waals surface area contributed by atoms with Crippen LogP contribution in [0.4, 0.5) is 39.5 Å². The first kappa shape index (κ1) is 13.4. The number of alkyl halides is 9. The summed E-state index contributed by atoms with van der Waals surface area (Å²) >= 11 is 0. The quantitative estimate of drug-likeness (QED) is 0.626. The average Bonchev–Trinajstić information content (AvgIpc) is 2.21. The third-order valence-electron chi connectivity index (χ3n) is 1.53.